The van der Waals surface area contributed by atoms with Gasteiger partial charge in [-0.15, -0.1) is 0 Å². The van der Waals surface area contributed by atoms with Crippen LogP contribution >= 0.6 is 0 Å². The summed E-state index contributed by atoms with van der Waals surface area (Å²) in [5.74, 6) is 2.14. The van der Waals surface area contributed by atoms with E-state index in [0.717, 1.165) is 66.3 Å². The largest absolute Gasteiger partial charge is 0.494 e. The standard InChI is InChI=1S/C21H29N5O2/c1-14(2)12-26-13-15(11-22-26)16-5-6-17(28-4)19-18(16)23-20(24-19)25-9-7-21(3,27)8-10-25/h5-6,11,13-14,27H,7-10,12H2,1-4H3,(H,23,24). The number of nitrogens with zero attached hydrogens (tertiary/aromatic N) is 4. The van der Waals surface area contributed by atoms with Crippen molar-refractivity contribution in [1.82, 2.24) is 19.7 Å². The molecule has 0 amide bonds. The van der Waals surface area contributed by atoms with Crippen LogP contribution in [-0.2, 0) is 6.54 Å². The van der Waals surface area contributed by atoms with Gasteiger partial charge in [-0.3, -0.25) is 4.68 Å². The minimum absolute atomic E-state index is 0.539. The Morgan fingerprint density at radius 3 is 2.71 bits per heavy atom. The third-order valence-electron chi connectivity index (χ3n) is 5.45. The number of anilines is 1. The van der Waals surface area contributed by atoms with Gasteiger partial charge in [-0.1, -0.05) is 13.8 Å². The zero-order valence-electron chi connectivity index (χ0n) is 17.1. The summed E-state index contributed by atoms with van der Waals surface area (Å²) in [5.41, 5.74) is 3.28. The highest BCUT2D eigenvalue weighted by atomic mass is 16.5. The van der Waals surface area contributed by atoms with Crippen molar-refractivity contribution >= 4 is 17.0 Å². The Bertz CT molecular complexity index is 962. The van der Waals surface area contributed by atoms with Gasteiger partial charge in [0.25, 0.3) is 0 Å². The molecule has 150 valence electrons. The maximum absolute atomic E-state index is 10.2. The lowest BCUT2D eigenvalue weighted by Crippen LogP contribution is -2.42. The fourth-order valence-corrected chi connectivity index (χ4v) is 3.78. The van der Waals surface area contributed by atoms with E-state index in [1.807, 2.05) is 29.9 Å². The summed E-state index contributed by atoms with van der Waals surface area (Å²) >= 11 is 0. The van der Waals surface area contributed by atoms with Crippen LogP contribution in [0.25, 0.3) is 22.2 Å². The fourth-order valence-electron chi connectivity index (χ4n) is 3.78. The molecule has 1 fully saturated rings. The van der Waals surface area contributed by atoms with Gasteiger partial charge in [-0.25, -0.2) is 4.98 Å². The van der Waals surface area contributed by atoms with Crippen LogP contribution in [0, 0.1) is 5.92 Å². The van der Waals surface area contributed by atoms with E-state index in [-0.39, 0.29) is 0 Å². The van der Waals surface area contributed by atoms with Crippen LogP contribution in [0.3, 0.4) is 0 Å². The summed E-state index contributed by atoms with van der Waals surface area (Å²) in [6.07, 6.45) is 5.44. The van der Waals surface area contributed by atoms with Crippen molar-refractivity contribution in [3.8, 4) is 16.9 Å². The van der Waals surface area contributed by atoms with Crippen molar-refractivity contribution in [3.05, 3.63) is 24.5 Å². The number of ether oxygens (including phenoxy) is 1. The minimum Gasteiger partial charge on any atom is -0.494 e. The number of hydrogen-bond acceptors (Lipinski definition) is 5. The number of H-pyrrole nitrogens is 1. The molecular weight excluding hydrogens is 354 g/mol. The lowest BCUT2D eigenvalue weighted by Gasteiger charge is -2.35. The Kier molecular flexibility index (Phi) is 4.79. The smallest absolute Gasteiger partial charge is 0.203 e. The highest BCUT2D eigenvalue weighted by molar-refractivity contribution is 5.96. The summed E-state index contributed by atoms with van der Waals surface area (Å²) in [4.78, 5) is 10.6. The number of rotatable bonds is 5. The molecule has 1 aliphatic heterocycles. The molecule has 1 aromatic carbocycles. The first-order chi connectivity index (χ1) is 13.4. The summed E-state index contributed by atoms with van der Waals surface area (Å²) in [6.45, 7) is 8.71. The Hall–Kier alpha value is -2.54. The van der Waals surface area contributed by atoms with Crippen molar-refractivity contribution in [2.45, 2.75) is 45.8 Å². The van der Waals surface area contributed by atoms with Gasteiger partial charge >= 0.3 is 0 Å². The maximum Gasteiger partial charge on any atom is 0.203 e. The van der Waals surface area contributed by atoms with Crippen LogP contribution in [-0.4, -0.2) is 50.7 Å². The SMILES string of the molecule is COc1ccc(-c2cnn(CC(C)C)c2)c2nc(N3CCC(C)(O)CC3)[nH]c12. The quantitative estimate of drug-likeness (QED) is 0.706. The van der Waals surface area contributed by atoms with Gasteiger partial charge in [-0.05, 0) is 37.8 Å². The number of nitrogens with one attached hydrogen (secondary N) is 1. The van der Waals surface area contributed by atoms with Crippen molar-refractivity contribution in [2.24, 2.45) is 5.92 Å². The summed E-state index contributed by atoms with van der Waals surface area (Å²) in [7, 11) is 1.67. The zero-order chi connectivity index (χ0) is 19.9. The van der Waals surface area contributed by atoms with Gasteiger partial charge in [0, 0.05) is 37.0 Å². The molecule has 1 aliphatic rings. The van der Waals surface area contributed by atoms with Crippen molar-refractivity contribution < 1.29 is 9.84 Å². The second kappa shape index (κ2) is 7.13. The predicted molar refractivity (Wildman–Crippen MR) is 111 cm³/mol. The second-order valence-electron chi connectivity index (χ2n) is 8.43. The van der Waals surface area contributed by atoms with Gasteiger partial charge in [0.15, 0.2) is 0 Å². The second-order valence-corrected chi connectivity index (χ2v) is 8.43. The predicted octanol–water partition coefficient (Wildman–Crippen LogP) is 3.44. The van der Waals surface area contributed by atoms with Gasteiger partial charge in [0.2, 0.25) is 5.95 Å². The molecule has 7 heteroatoms. The molecule has 0 atom stereocenters. The van der Waals surface area contributed by atoms with E-state index in [2.05, 4.69) is 35.0 Å². The number of imidazole rings is 1. The lowest BCUT2D eigenvalue weighted by atomic mass is 9.94. The van der Waals surface area contributed by atoms with E-state index in [9.17, 15) is 5.11 Å². The molecule has 0 aliphatic carbocycles. The molecule has 0 unspecified atom stereocenters. The highest BCUT2D eigenvalue weighted by Crippen LogP contribution is 2.35. The molecule has 2 aromatic heterocycles. The third kappa shape index (κ3) is 3.58. The summed E-state index contributed by atoms with van der Waals surface area (Å²) in [5, 5.41) is 14.7. The zero-order valence-corrected chi connectivity index (χ0v) is 17.1. The monoisotopic (exact) mass is 383 g/mol. The van der Waals surface area contributed by atoms with E-state index in [4.69, 9.17) is 9.72 Å². The van der Waals surface area contributed by atoms with Gasteiger partial charge < -0.3 is 19.7 Å². The molecule has 0 spiro atoms. The Morgan fingerprint density at radius 2 is 2.04 bits per heavy atom. The van der Waals surface area contributed by atoms with E-state index in [1.165, 1.54) is 0 Å². The van der Waals surface area contributed by atoms with Crippen LogP contribution in [0.1, 0.15) is 33.6 Å². The van der Waals surface area contributed by atoms with Crippen LogP contribution in [0.15, 0.2) is 24.5 Å². The fraction of sp³-hybridized carbons (Fsp3) is 0.524. The molecule has 0 saturated carbocycles. The van der Waals surface area contributed by atoms with Crippen LogP contribution in [0.2, 0.25) is 0 Å². The number of piperidine rings is 1. The highest BCUT2D eigenvalue weighted by Gasteiger charge is 2.29. The van der Waals surface area contributed by atoms with E-state index in [0.29, 0.717) is 5.92 Å². The van der Waals surface area contributed by atoms with E-state index < -0.39 is 5.60 Å². The Balaban J connectivity index is 1.72. The maximum atomic E-state index is 10.2. The number of aromatic nitrogens is 4. The number of benzene rings is 1. The number of aliphatic hydroxyl groups is 1. The first kappa shape index (κ1) is 18.8. The number of hydrogen-bond donors (Lipinski definition) is 2. The van der Waals surface area contributed by atoms with Gasteiger partial charge in [0.1, 0.15) is 16.8 Å². The molecule has 2 N–H and O–H groups in total. The number of fused-ring (bicyclic) bond motifs is 1. The van der Waals surface area contributed by atoms with Crippen molar-refractivity contribution in [2.75, 3.05) is 25.1 Å². The lowest BCUT2D eigenvalue weighted by molar-refractivity contribution is 0.0349. The Morgan fingerprint density at radius 1 is 1.29 bits per heavy atom. The first-order valence-corrected chi connectivity index (χ1v) is 9.93. The molecule has 1 saturated heterocycles. The van der Waals surface area contributed by atoms with E-state index >= 15 is 0 Å². The van der Waals surface area contributed by atoms with Crippen molar-refractivity contribution in [1.29, 1.82) is 0 Å². The molecule has 3 aromatic rings. The molecule has 28 heavy (non-hydrogen) atoms. The number of methoxy groups -OCH3 is 1. The molecular formula is C21H29N5O2. The van der Waals surface area contributed by atoms with Crippen LogP contribution in [0.5, 0.6) is 5.75 Å². The summed E-state index contributed by atoms with van der Waals surface area (Å²) in [6, 6.07) is 4.02. The number of aromatic amines is 1. The van der Waals surface area contributed by atoms with Gasteiger partial charge in [0.05, 0.1) is 18.9 Å². The Labute approximate surface area is 165 Å². The minimum atomic E-state index is -0.587. The molecule has 0 bridgehead atoms. The van der Waals surface area contributed by atoms with Crippen molar-refractivity contribution in [3.63, 3.8) is 0 Å². The van der Waals surface area contributed by atoms with Gasteiger partial charge in [-0.2, -0.15) is 5.10 Å². The van der Waals surface area contributed by atoms with E-state index in [1.54, 1.807) is 7.11 Å². The molecule has 3 heterocycles. The molecule has 4 rings (SSSR count). The molecule has 0 radical (unpaired) electrons. The normalized spacial score (nSPS) is 16.9. The van der Waals surface area contributed by atoms with Crippen LogP contribution in [0.4, 0.5) is 5.95 Å². The topological polar surface area (TPSA) is 79.2 Å². The first-order valence-electron chi connectivity index (χ1n) is 9.93. The molecule has 7 nitrogen and oxygen atoms in total. The third-order valence-corrected chi connectivity index (χ3v) is 5.45. The average molecular weight is 383 g/mol. The average Bonchev–Trinajstić information content (AvgIpc) is 3.27. The summed E-state index contributed by atoms with van der Waals surface area (Å²) < 4.78 is 7.54. The van der Waals surface area contributed by atoms with Crippen LogP contribution < -0.4 is 9.64 Å².